The Kier molecular flexibility index (Phi) is 13.2. The number of rotatable bonds is 11. The average molecular weight is 252 g/mol. The number of allylic oxidation sites excluding steroid dienone is 4. The van der Waals surface area contributed by atoms with E-state index in [2.05, 4.69) is 31.2 Å². The third kappa shape index (κ3) is 14.9. The summed E-state index contributed by atoms with van der Waals surface area (Å²) in [5, 5.41) is 0. The third-order valence-corrected chi connectivity index (χ3v) is 2.69. The molecule has 2 heteroatoms. The Morgan fingerprint density at radius 1 is 0.944 bits per heavy atom. The van der Waals surface area contributed by atoms with Crippen LogP contribution in [0.3, 0.4) is 0 Å². The standard InChI is InChI=1S/C16H28O2/c1-3-4-5-6-7-8-9-10-11-12-13-14-15-18-16(2)17/h4-7H,3,8-15H2,1-2H3. The van der Waals surface area contributed by atoms with Crippen LogP contribution in [-0.4, -0.2) is 12.6 Å². The number of unbranched alkanes of at least 4 members (excludes halogenated alkanes) is 6. The highest BCUT2D eigenvalue weighted by Gasteiger charge is 1.93. The van der Waals surface area contributed by atoms with E-state index in [0.717, 1.165) is 12.8 Å². The molecule has 0 aliphatic carbocycles. The Balaban J connectivity index is 3.09. The molecule has 0 spiro atoms. The van der Waals surface area contributed by atoms with Gasteiger partial charge in [-0.3, -0.25) is 4.79 Å². The molecule has 0 saturated heterocycles. The molecule has 0 aromatic carbocycles. The van der Waals surface area contributed by atoms with Crippen LogP contribution in [0.15, 0.2) is 24.3 Å². The highest BCUT2D eigenvalue weighted by atomic mass is 16.5. The maximum atomic E-state index is 10.5. The van der Waals surface area contributed by atoms with Crippen molar-refractivity contribution in [3.63, 3.8) is 0 Å². The average Bonchev–Trinajstić information content (AvgIpc) is 2.34. The Bertz CT molecular complexity index is 241. The molecule has 0 bridgehead atoms. The van der Waals surface area contributed by atoms with Crippen LogP contribution in [0.5, 0.6) is 0 Å². The van der Waals surface area contributed by atoms with E-state index in [1.54, 1.807) is 0 Å². The number of hydrogen-bond acceptors (Lipinski definition) is 2. The highest BCUT2D eigenvalue weighted by molar-refractivity contribution is 5.65. The summed E-state index contributed by atoms with van der Waals surface area (Å²) in [5.74, 6) is -0.168. The predicted octanol–water partition coefficient (Wildman–Crippen LogP) is 4.80. The quantitative estimate of drug-likeness (QED) is 0.300. The minimum Gasteiger partial charge on any atom is -0.466 e. The number of carbonyl (C=O) groups excluding carboxylic acids is 1. The molecule has 0 N–H and O–H groups in total. The summed E-state index contributed by atoms with van der Waals surface area (Å²) in [6.07, 6.45) is 18.3. The molecule has 0 aliphatic rings. The van der Waals surface area contributed by atoms with Crippen molar-refractivity contribution in [1.29, 1.82) is 0 Å². The van der Waals surface area contributed by atoms with Gasteiger partial charge in [0.05, 0.1) is 6.61 Å². The van der Waals surface area contributed by atoms with E-state index in [4.69, 9.17) is 4.74 Å². The van der Waals surface area contributed by atoms with Crippen molar-refractivity contribution in [3.8, 4) is 0 Å². The first-order chi connectivity index (χ1) is 8.77. The molecule has 0 aromatic heterocycles. The van der Waals surface area contributed by atoms with Crippen LogP contribution in [0.4, 0.5) is 0 Å². The monoisotopic (exact) mass is 252 g/mol. The molecule has 0 radical (unpaired) electrons. The maximum Gasteiger partial charge on any atom is 0.302 e. The lowest BCUT2D eigenvalue weighted by Crippen LogP contribution is -1.99. The van der Waals surface area contributed by atoms with Gasteiger partial charge in [0.15, 0.2) is 0 Å². The summed E-state index contributed by atoms with van der Waals surface area (Å²) in [5.41, 5.74) is 0. The van der Waals surface area contributed by atoms with Gasteiger partial charge in [-0.1, -0.05) is 56.9 Å². The van der Waals surface area contributed by atoms with Crippen molar-refractivity contribution in [2.75, 3.05) is 6.61 Å². The maximum absolute atomic E-state index is 10.5. The van der Waals surface area contributed by atoms with Gasteiger partial charge >= 0.3 is 5.97 Å². The summed E-state index contributed by atoms with van der Waals surface area (Å²) in [7, 11) is 0. The zero-order valence-electron chi connectivity index (χ0n) is 12.0. The lowest BCUT2D eigenvalue weighted by molar-refractivity contribution is -0.141. The second-order valence-electron chi connectivity index (χ2n) is 4.51. The molecule has 0 rings (SSSR count). The molecule has 0 heterocycles. The minimum atomic E-state index is -0.168. The van der Waals surface area contributed by atoms with Crippen LogP contribution in [0.1, 0.15) is 65.2 Å². The molecular weight excluding hydrogens is 224 g/mol. The fourth-order valence-corrected chi connectivity index (χ4v) is 1.68. The van der Waals surface area contributed by atoms with Crippen molar-refractivity contribution in [2.24, 2.45) is 0 Å². The first-order valence-corrected chi connectivity index (χ1v) is 7.22. The lowest BCUT2D eigenvalue weighted by atomic mass is 10.1. The lowest BCUT2D eigenvalue weighted by Gasteiger charge is -2.01. The largest absolute Gasteiger partial charge is 0.466 e. The van der Waals surface area contributed by atoms with Crippen LogP contribution in [0, 0.1) is 0 Å². The second-order valence-corrected chi connectivity index (χ2v) is 4.51. The first kappa shape index (κ1) is 16.9. The van der Waals surface area contributed by atoms with E-state index in [-0.39, 0.29) is 5.97 Å². The van der Waals surface area contributed by atoms with Crippen molar-refractivity contribution in [1.82, 2.24) is 0 Å². The van der Waals surface area contributed by atoms with Crippen LogP contribution in [0.25, 0.3) is 0 Å². The molecule has 0 amide bonds. The fraction of sp³-hybridized carbons (Fsp3) is 0.688. The molecule has 0 aliphatic heterocycles. The van der Waals surface area contributed by atoms with Gasteiger partial charge in [-0.2, -0.15) is 0 Å². The molecular formula is C16H28O2. The molecule has 2 nitrogen and oxygen atoms in total. The van der Waals surface area contributed by atoms with E-state index in [9.17, 15) is 4.79 Å². The zero-order valence-corrected chi connectivity index (χ0v) is 12.0. The van der Waals surface area contributed by atoms with Gasteiger partial charge in [0, 0.05) is 6.92 Å². The Labute approximate surface area is 112 Å². The molecule has 104 valence electrons. The van der Waals surface area contributed by atoms with Crippen molar-refractivity contribution in [3.05, 3.63) is 24.3 Å². The van der Waals surface area contributed by atoms with E-state index >= 15 is 0 Å². The van der Waals surface area contributed by atoms with Gasteiger partial charge in [-0.15, -0.1) is 0 Å². The summed E-state index contributed by atoms with van der Waals surface area (Å²) in [4.78, 5) is 10.5. The molecule has 0 fully saturated rings. The van der Waals surface area contributed by atoms with Crippen molar-refractivity contribution >= 4 is 5.97 Å². The molecule has 0 unspecified atom stereocenters. The van der Waals surface area contributed by atoms with Gasteiger partial charge < -0.3 is 4.74 Å². The normalized spacial score (nSPS) is 11.4. The highest BCUT2D eigenvalue weighted by Crippen LogP contribution is 2.07. The van der Waals surface area contributed by atoms with Gasteiger partial charge in [0.25, 0.3) is 0 Å². The molecule has 0 atom stereocenters. The van der Waals surface area contributed by atoms with E-state index in [1.165, 1.54) is 45.4 Å². The number of esters is 1. The van der Waals surface area contributed by atoms with Crippen molar-refractivity contribution < 1.29 is 9.53 Å². The Morgan fingerprint density at radius 3 is 2.22 bits per heavy atom. The van der Waals surface area contributed by atoms with E-state index < -0.39 is 0 Å². The van der Waals surface area contributed by atoms with Gasteiger partial charge in [0.2, 0.25) is 0 Å². The summed E-state index contributed by atoms with van der Waals surface area (Å²) in [6.45, 7) is 4.19. The molecule has 0 aromatic rings. The van der Waals surface area contributed by atoms with Gasteiger partial charge in [-0.05, 0) is 25.7 Å². The summed E-state index contributed by atoms with van der Waals surface area (Å²) in [6, 6.07) is 0. The fourth-order valence-electron chi connectivity index (χ4n) is 1.68. The SMILES string of the molecule is CCC=CC=CCCCCCCCCOC(C)=O. The van der Waals surface area contributed by atoms with Crippen molar-refractivity contribution in [2.45, 2.75) is 65.2 Å². The summed E-state index contributed by atoms with van der Waals surface area (Å²) < 4.78 is 4.88. The summed E-state index contributed by atoms with van der Waals surface area (Å²) >= 11 is 0. The first-order valence-electron chi connectivity index (χ1n) is 7.22. The number of carbonyl (C=O) groups is 1. The van der Waals surface area contributed by atoms with Crippen LogP contribution >= 0.6 is 0 Å². The predicted molar refractivity (Wildman–Crippen MR) is 77.5 cm³/mol. The Morgan fingerprint density at radius 2 is 1.56 bits per heavy atom. The van der Waals surface area contributed by atoms with E-state index in [1.807, 2.05) is 0 Å². The topological polar surface area (TPSA) is 26.3 Å². The van der Waals surface area contributed by atoms with E-state index in [0.29, 0.717) is 6.61 Å². The molecule has 0 saturated carbocycles. The smallest absolute Gasteiger partial charge is 0.302 e. The van der Waals surface area contributed by atoms with Crippen LogP contribution in [0.2, 0.25) is 0 Å². The minimum absolute atomic E-state index is 0.168. The van der Waals surface area contributed by atoms with Crippen LogP contribution < -0.4 is 0 Å². The molecule has 18 heavy (non-hydrogen) atoms. The number of ether oxygens (including phenoxy) is 1. The second kappa shape index (κ2) is 14.0. The Hall–Kier alpha value is -1.05. The van der Waals surface area contributed by atoms with Crippen LogP contribution in [-0.2, 0) is 9.53 Å². The van der Waals surface area contributed by atoms with Gasteiger partial charge in [0.1, 0.15) is 0 Å². The zero-order chi connectivity index (χ0) is 13.5. The van der Waals surface area contributed by atoms with Gasteiger partial charge in [-0.25, -0.2) is 0 Å². The number of hydrogen-bond donors (Lipinski definition) is 0. The third-order valence-electron chi connectivity index (χ3n) is 2.69.